The zero-order valence-electron chi connectivity index (χ0n) is 18.0. The summed E-state index contributed by atoms with van der Waals surface area (Å²) in [5.74, 6) is -1.73. The van der Waals surface area contributed by atoms with Crippen LogP contribution in [0.1, 0.15) is 21.5 Å². The van der Waals surface area contributed by atoms with Gasteiger partial charge in [-0.05, 0) is 41.5 Å². The van der Waals surface area contributed by atoms with E-state index in [1.54, 1.807) is 86.0 Å². The molecule has 3 rings (SSSR count). The van der Waals surface area contributed by atoms with Gasteiger partial charge in [-0.2, -0.15) is 0 Å². The van der Waals surface area contributed by atoms with Crippen molar-refractivity contribution in [3.05, 3.63) is 107 Å². The minimum atomic E-state index is -1.18. The maximum Gasteiger partial charge on any atom is 0.326 e. The van der Waals surface area contributed by atoms with E-state index in [4.69, 9.17) is 4.74 Å². The van der Waals surface area contributed by atoms with Crippen molar-refractivity contribution in [1.82, 2.24) is 10.6 Å². The van der Waals surface area contributed by atoms with Gasteiger partial charge in [0.1, 0.15) is 17.5 Å². The average Bonchev–Trinajstić information content (AvgIpc) is 2.84. The van der Waals surface area contributed by atoms with E-state index in [1.165, 1.54) is 6.08 Å². The van der Waals surface area contributed by atoms with Crippen molar-refractivity contribution in [3.63, 3.8) is 0 Å². The lowest BCUT2D eigenvalue weighted by atomic mass is 10.1. The van der Waals surface area contributed by atoms with Crippen LogP contribution in [-0.2, 0) is 16.0 Å². The molecule has 3 N–H and O–H groups in total. The van der Waals surface area contributed by atoms with Gasteiger partial charge in [0.15, 0.2) is 0 Å². The molecule has 0 aliphatic rings. The minimum absolute atomic E-state index is 0.0756. The van der Waals surface area contributed by atoms with Gasteiger partial charge in [0, 0.05) is 12.0 Å². The molecule has 3 aromatic rings. The fraction of sp³-hybridized carbons (Fsp3) is 0.115. The van der Waals surface area contributed by atoms with Crippen LogP contribution in [0.3, 0.4) is 0 Å². The van der Waals surface area contributed by atoms with E-state index in [2.05, 4.69) is 10.6 Å². The van der Waals surface area contributed by atoms with Gasteiger partial charge in [-0.1, -0.05) is 60.7 Å². The zero-order chi connectivity index (χ0) is 23.6. The molecule has 0 spiro atoms. The van der Waals surface area contributed by atoms with Crippen LogP contribution in [0.2, 0.25) is 0 Å². The van der Waals surface area contributed by atoms with Crippen LogP contribution in [0.5, 0.6) is 5.75 Å². The summed E-state index contributed by atoms with van der Waals surface area (Å²) in [5, 5.41) is 14.8. The Kier molecular flexibility index (Phi) is 7.96. The molecule has 7 nitrogen and oxygen atoms in total. The first-order valence-electron chi connectivity index (χ1n) is 10.3. The van der Waals surface area contributed by atoms with Crippen molar-refractivity contribution in [2.24, 2.45) is 0 Å². The number of carbonyl (C=O) groups excluding carboxylic acids is 2. The standard InChI is InChI=1S/C26H24N2O5/c1-33-21-14-12-19(13-15-21)16-22(27-24(29)20-10-6-3-7-11-20)25(30)28-23(26(31)32)17-18-8-4-2-5-9-18/h2-16,23H,17H2,1H3,(H,27,29)(H,28,30)(H,31,32)/b22-16+/t23-/m0/s1. The number of hydrogen-bond donors (Lipinski definition) is 3. The lowest BCUT2D eigenvalue weighted by molar-refractivity contribution is -0.141. The minimum Gasteiger partial charge on any atom is -0.497 e. The van der Waals surface area contributed by atoms with E-state index in [0.717, 1.165) is 5.56 Å². The number of nitrogens with one attached hydrogen (secondary N) is 2. The third-order valence-electron chi connectivity index (χ3n) is 4.84. The lowest BCUT2D eigenvalue weighted by Crippen LogP contribution is -2.45. The van der Waals surface area contributed by atoms with Crippen LogP contribution in [-0.4, -0.2) is 36.0 Å². The predicted octanol–water partition coefficient (Wildman–Crippen LogP) is 3.28. The van der Waals surface area contributed by atoms with Crippen LogP contribution in [0, 0.1) is 0 Å². The van der Waals surface area contributed by atoms with Crippen molar-refractivity contribution >= 4 is 23.9 Å². The van der Waals surface area contributed by atoms with E-state index in [-0.39, 0.29) is 12.1 Å². The SMILES string of the molecule is COc1ccc(/C=C(/NC(=O)c2ccccc2)C(=O)N[C@@H](Cc2ccccc2)C(=O)O)cc1. The molecule has 1 atom stereocenters. The summed E-state index contributed by atoms with van der Waals surface area (Å²) in [7, 11) is 1.54. The fourth-order valence-electron chi connectivity index (χ4n) is 3.10. The molecule has 0 aromatic heterocycles. The summed E-state index contributed by atoms with van der Waals surface area (Å²) in [6, 6.07) is 23.1. The molecule has 0 radical (unpaired) electrons. The van der Waals surface area contributed by atoms with Crippen LogP contribution in [0.15, 0.2) is 90.6 Å². The van der Waals surface area contributed by atoms with Crippen LogP contribution >= 0.6 is 0 Å². The lowest BCUT2D eigenvalue weighted by Gasteiger charge is -2.17. The molecule has 0 aliphatic heterocycles. The van der Waals surface area contributed by atoms with Gasteiger partial charge in [0.25, 0.3) is 11.8 Å². The van der Waals surface area contributed by atoms with Crippen LogP contribution < -0.4 is 15.4 Å². The van der Waals surface area contributed by atoms with Gasteiger partial charge >= 0.3 is 5.97 Å². The first-order chi connectivity index (χ1) is 16.0. The molecule has 33 heavy (non-hydrogen) atoms. The molecule has 0 saturated carbocycles. The number of carboxylic acids is 1. The Morgan fingerprint density at radius 1 is 0.909 bits per heavy atom. The molecule has 0 bridgehead atoms. The quantitative estimate of drug-likeness (QED) is 0.440. The molecule has 0 fully saturated rings. The maximum absolute atomic E-state index is 13.1. The average molecular weight is 444 g/mol. The van der Waals surface area contributed by atoms with E-state index >= 15 is 0 Å². The highest BCUT2D eigenvalue weighted by molar-refractivity contribution is 6.06. The smallest absolute Gasteiger partial charge is 0.326 e. The summed E-state index contributed by atoms with van der Waals surface area (Å²) in [6.07, 6.45) is 1.58. The molecule has 3 aromatic carbocycles. The van der Waals surface area contributed by atoms with E-state index in [1.807, 2.05) is 6.07 Å². The first-order valence-corrected chi connectivity index (χ1v) is 10.3. The van der Waals surface area contributed by atoms with Crippen molar-refractivity contribution in [3.8, 4) is 5.75 Å². The fourth-order valence-corrected chi connectivity index (χ4v) is 3.10. The third-order valence-corrected chi connectivity index (χ3v) is 4.84. The van der Waals surface area contributed by atoms with Gasteiger partial charge < -0.3 is 20.5 Å². The molecule has 7 heteroatoms. The Morgan fingerprint density at radius 2 is 1.52 bits per heavy atom. The second-order valence-electron chi connectivity index (χ2n) is 7.21. The maximum atomic E-state index is 13.1. The van der Waals surface area contributed by atoms with Gasteiger partial charge in [-0.3, -0.25) is 9.59 Å². The van der Waals surface area contributed by atoms with Crippen LogP contribution in [0.25, 0.3) is 6.08 Å². The number of carboxylic acid groups (broad SMARTS) is 1. The summed E-state index contributed by atoms with van der Waals surface area (Å²) in [4.78, 5) is 37.6. The van der Waals surface area contributed by atoms with Gasteiger partial charge in [-0.15, -0.1) is 0 Å². The topological polar surface area (TPSA) is 105 Å². The highest BCUT2D eigenvalue weighted by atomic mass is 16.5. The predicted molar refractivity (Wildman–Crippen MR) is 125 cm³/mol. The zero-order valence-corrected chi connectivity index (χ0v) is 18.0. The Labute approximate surface area is 191 Å². The summed E-state index contributed by atoms with van der Waals surface area (Å²) < 4.78 is 5.14. The highest BCUT2D eigenvalue weighted by Crippen LogP contribution is 2.14. The number of ether oxygens (including phenoxy) is 1. The molecule has 0 heterocycles. The van der Waals surface area contributed by atoms with E-state index in [0.29, 0.717) is 16.9 Å². The largest absolute Gasteiger partial charge is 0.497 e. The van der Waals surface area contributed by atoms with Crippen molar-refractivity contribution in [2.45, 2.75) is 12.5 Å². The number of rotatable bonds is 9. The van der Waals surface area contributed by atoms with Crippen molar-refractivity contribution in [1.29, 1.82) is 0 Å². The molecule has 0 unspecified atom stereocenters. The Bertz CT molecular complexity index is 1130. The molecule has 0 aliphatic carbocycles. The number of aliphatic carboxylic acids is 1. The van der Waals surface area contributed by atoms with Crippen molar-refractivity contribution in [2.75, 3.05) is 7.11 Å². The molecule has 2 amide bonds. The molecular formula is C26H24N2O5. The summed E-state index contributed by atoms with van der Waals surface area (Å²) in [5.41, 5.74) is 1.68. The first kappa shape index (κ1) is 23.3. The summed E-state index contributed by atoms with van der Waals surface area (Å²) >= 11 is 0. The number of benzene rings is 3. The number of carbonyl (C=O) groups is 3. The Balaban J connectivity index is 1.85. The van der Waals surface area contributed by atoms with Gasteiger partial charge in [0.2, 0.25) is 0 Å². The molecular weight excluding hydrogens is 420 g/mol. The van der Waals surface area contributed by atoms with Crippen molar-refractivity contribution < 1.29 is 24.2 Å². The number of amides is 2. The van der Waals surface area contributed by atoms with E-state index < -0.39 is 23.8 Å². The number of methoxy groups -OCH3 is 1. The second-order valence-corrected chi connectivity index (χ2v) is 7.21. The highest BCUT2D eigenvalue weighted by Gasteiger charge is 2.23. The molecule has 0 saturated heterocycles. The second kappa shape index (κ2) is 11.3. The normalized spacial score (nSPS) is 11.8. The van der Waals surface area contributed by atoms with Crippen LogP contribution in [0.4, 0.5) is 0 Å². The Hall–Kier alpha value is -4.39. The van der Waals surface area contributed by atoms with E-state index in [9.17, 15) is 19.5 Å². The monoisotopic (exact) mass is 444 g/mol. The van der Waals surface area contributed by atoms with Gasteiger partial charge in [0.05, 0.1) is 7.11 Å². The molecule has 168 valence electrons. The third kappa shape index (κ3) is 6.80. The summed E-state index contributed by atoms with van der Waals surface area (Å²) in [6.45, 7) is 0. The Morgan fingerprint density at radius 3 is 2.09 bits per heavy atom. The number of hydrogen-bond acceptors (Lipinski definition) is 4. The van der Waals surface area contributed by atoms with Gasteiger partial charge in [-0.25, -0.2) is 4.79 Å².